The first-order valence-corrected chi connectivity index (χ1v) is 12.7. The van der Waals surface area contributed by atoms with Crippen molar-refractivity contribution in [2.75, 3.05) is 33.4 Å². The standard InChI is InChI=1S/C24H33NO5S/c1-18-23(30-22-9-6-8-21(28-2)24(22)31(18,26)27)19-10-12-20(13-11-19)29-17-7-16-25-14-4-3-5-15-25/h6,8-13,18,23,26-27H,3-5,7,14-17H2,1-2H3/t18-,23+/m0/s1. The molecule has 1 fully saturated rings. The van der Waals surface area contributed by atoms with Gasteiger partial charge >= 0.3 is 0 Å². The number of likely N-dealkylation sites (tertiary alicyclic amines) is 1. The molecule has 7 heteroatoms. The van der Waals surface area contributed by atoms with Gasteiger partial charge in [-0.2, -0.15) is 10.6 Å². The summed E-state index contributed by atoms with van der Waals surface area (Å²) < 4.78 is 39.4. The van der Waals surface area contributed by atoms with Crippen LogP contribution in [-0.2, 0) is 0 Å². The molecular weight excluding hydrogens is 414 g/mol. The molecule has 0 unspecified atom stereocenters. The van der Waals surface area contributed by atoms with Crippen LogP contribution in [0.15, 0.2) is 47.4 Å². The lowest BCUT2D eigenvalue weighted by atomic mass is 10.1. The Bertz CT molecular complexity index is 867. The molecule has 170 valence electrons. The Morgan fingerprint density at radius 1 is 1.06 bits per heavy atom. The Morgan fingerprint density at radius 3 is 2.52 bits per heavy atom. The van der Waals surface area contributed by atoms with Gasteiger partial charge in [-0.25, -0.2) is 0 Å². The molecule has 0 radical (unpaired) electrons. The van der Waals surface area contributed by atoms with Crippen LogP contribution < -0.4 is 14.2 Å². The lowest BCUT2D eigenvalue weighted by Gasteiger charge is -2.47. The first kappa shape index (κ1) is 22.3. The highest BCUT2D eigenvalue weighted by Gasteiger charge is 2.42. The number of hydrogen-bond acceptors (Lipinski definition) is 6. The number of ether oxygens (including phenoxy) is 3. The van der Waals surface area contributed by atoms with Crippen LogP contribution in [0.5, 0.6) is 17.2 Å². The number of rotatable bonds is 7. The summed E-state index contributed by atoms with van der Waals surface area (Å²) in [6.45, 7) is 6.01. The summed E-state index contributed by atoms with van der Waals surface area (Å²) in [4.78, 5) is 2.87. The molecule has 0 spiro atoms. The Kier molecular flexibility index (Phi) is 6.96. The second-order valence-corrected chi connectivity index (χ2v) is 10.6. The van der Waals surface area contributed by atoms with Gasteiger partial charge in [-0.3, -0.25) is 9.11 Å². The summed E-state index contributed by atoms with van der Waals surface area (Å²) in [5, 5.41) is -0.507. The number of methoxy groups -OCH3 is 1. The van der Waals surface area contributed by atoms with Gasteiger partial charge in [-0.15, -0.1) is 0 Å². The first-order chi connectivity index (χ1) is 15.0. The number of nitrogens with zero attached hydrogens (tertiary/aromatic N) is 1. The fourth-order valence-corrected chi connectivity index (χ4v) is 6.18. The van der Waals surface area contributed by atoms with Gasteiger partial charge in [0.1, 0.15) is 28.2 Å². The monoisotopic (exact) mass is 447 g/mol. The van der Waals surface area contributed by atoms with Crippen LogP contribution in [0.1, 0.15) is 44.3 Å². The van der Waals surface area contributed by atoms with E-state index in [-0.39, 0.29) is 0 Å². The van der Waals surface area contributed by atoms with Gasteiger partial charge in [0.15, 0.2) is 0 Å². The van der Waals surface area contributed by atoms with Crippen molar-refractivity contribution in [3.05, 3.63) is 48.0 Å². The van der Waals surface area contributed by atoms with Crippen LogP contribution >= 0.6 is 10.6 Å². The summed E-state index contributed by atoms with van der Waals surface area (Å²) in [5.41, 5.74) is 0.890. The zero-order chi connectivity index (χ0) is 21.8. The number of fused-ring (bicyclic) bond motifs is 1. The van der Waals surface area contributed by atoms with Crippen molar-refractivity contribution < 1.29 is 23.3 Å². The second-order valence-electron chi connectivity index (χ2n) is 8.30. The zero-order valence-corrected chi connectivity index (χ0v) is 19.1. The largest absolute Gasteiger partial charge is 0.495 e. The Hall–Kier alpha value is -1.93. The Balaban J connectivity index is 1.39. The highest BCUT2D eigenvalue weighted by Crippen LogP contribution is 2.65. The summed E-state index contributed by atoms with van der Waals surface area (Å²) in [6, 6.07) is 13.0. The van der Waals surface area contributed by atoms with Crippen molar-refractivity contribution in [2.24, 2.45) is 0 Å². The van der Waals surface area contributed by atoms with Crippen molar-refractivity contribution >= 4 is 10.6 Å². The van der Waals surface area contributed by atoms with Gasteiger partial charge in [0.25, 0.3) is 0 Å². The van der Waals surface area contributed by atoms with Crippen LogP contribution in [0.4, 0.5) is 0 Å². The third kappa shape index (κ3) is 4.80. The van der Waals surface area contributed by atoms with E-state index in [4.69, 9.17) is 14.2 Å². The van der Waals surface area contributed by atoms with Gasteiger partial charge in [0.05, 0.1) is 19.0 Å². The van der Waals surface area contributed by atoms with Crippen molar-refractivity contribution in [3.8, 4) is 17.2 Å². The minimum absolute atomic E-state index is 0.356. The maximum Gasteiger partial charge on any atom is 0.147 e. The molecular formula is C24H33NO5S. The number of hydrogen-bond donors (Lipinski definition) is 2. The van der Waals surface area contributed by atoms with Crippen molar-refractivity contribution in [2.45, 2.75) is 48.9 Å². The summed E-state index contributed by atoms with van der Waals surface area (Å²) >= 11 is 0. The van der Waals surface area contributed by atoms with Gasteiger partial charge in [0.2, 0.25) is 0 Å². The quantitative estimate of drug-likeness (QED) is 0.540. The summed E-state index contributed by atoms with van der Waals surface area (Å²) in [7, 11) is -1.56. The van der Waals surface area contributed by atoms with E-state index in [1.807, 2.05) is 24.3 Å². The second kappa shape index (κ2) is 9.69. The summed E-state index contributed by atoms with van der Waals surface area (Å²) in [6.07, 6.45) is 4.54. The predicted molar refractivity (Wildman–Crippen MR) is 124 cm³/mol. The molecule has 2 N–H and O–H groups in total. The molecule has 0 aromatic heterocycles. The molecule has 2 heterocycles. The molecule has 2 aliphatic heterocycles. The molecule has 0 aliphatic carbocycles. The lowest BCUT2D eigenvalue weighted by Crippen LogP contribution is -2.31. The molecule has 2 aromatic carbocycles. The van der Waals surface area contributed by atoms with E-state index < -0.39 is 21.9 Å². The van der Waals surface area contributed by atoms with E-state index in [1.165, 1.54) is 39.5 Å². The Labute approximate surface area is 186 Å². The zero-order valence-electron chi connectivity index (χ0n) is 18.3. The van der Waals surface area contributed by atoms with Crippen molar-refractivity contribution in [3.63, 3.8) is 0 Å². The molecule has 2 atom stereocenters. The molecule has 0 bridgehead atoms. The molecule has 1 saturated heterocycles. The maximum absolute atomic E-state index is 11.0. The SMILES string of the molecule is COc1cccc2c1S(O)(O)[C@@H](C)[C@H](c1ccc(OCCCN3CCCCC3)cc1)O2. The van der Waals surface area contributed by atoms with Gasteiger partial charge in [0, 0.05) is 6.54 Å². The van der Waals surface area contributed by atoms with E-state index >= 15 is 0 Å². The van der Waals surface area contributed by atoms with Crippen LogP contribution in [0, 0.1) is 0 Å². The van der Waals surface area contributed by atoms with Crippen LogP contribution in [-0.4, -0.2) is 52.6 Å². The van der Waals surface area contributed by atoms with Crippen LogP contribution in [0.25, 0.3) is 0 Å². The third-order valence-corrected chi connectivity index (χ3v) is 8.49. The minimum Gasteiger partial charge on any atom is -0.495 e. The number of benzene rings is 2. The van der Waals surface area contributed by atoms with Crippen LogP contribution in [0.3, 0.4) is 0 Å². The normalized spacial score (nSPS) is 24.0. The maximum atomic E-state index is 11.0. The fraction of sp³-hybridized carbons (Fsp3) is 0.500. The van der Waals surface area contributed by atoms with Gasteiger partial charge < -0.3 is 19.1 Å². The van der Waals surface area contributed by atoms with E-state index in [0.29, 0.717) is 23.0 Å². The highest BCUT2D eigenvalue weighted by atomic mass is 32.3. The molecule has 6 nitrogen and oxygen atoms in total. The summed E-state index contributed by atoms with van der Waals surface area (Å²) in [5.74, 6) is 1.72. The number of piperidine rings is 1. The van der Waals surface area contributed by atoms with E-state index in [0.717, 1.165) is 24.3 Å². The van der Waals surface area contributed by atoms with Gasteiger partial charge in [-0.05, 0) is 69.1 Å². The molecule has 31 heavy (non-hydrogen) atoms. The average Bonchev–Trinajstić information content (AvgIpc) is 2.80. The first-order valence-electron chi connectivity index (χ1n) is 11.1. The van der Waals surface area contributed by atoms with Gasteiger partial charge in [-0.1, -0.05) is 24.6 Å². The highest BCUT2D eigenvalue weighted by molar-refractivity contribution is 8.25. The van der Waals surface area contributed by atoms with E-state index in [1.54, 1.807) is 25.1 Å². The molecule has 2 aliphatic rings. The minimum atomic E-state index is -3.09. The molecule has 2 aromatic rings. The van der Waals surface area contributed by atoms with E-state index in [9.17, 15) is 9.11 Å². The molecule has 4 rings (SSSR count). The molecule has 0 amide bonds. The Morgan fingerprint density at radius 2 is 1.81 bits per heavy atom. The third-order valence-electron chi connectivity index (χ3n) is 6.21. The smallest absolute Gasteiger partial charge is 0.147 e. The van der Waals surface area contributed by atoms with Crippen molar-refractivity contribution in [1.29, 1.82) is 0 Å². The topological polar surface area (TPSA) is 71.4 Å². The molecule has 0 saturated carbocycles. The van der Waals surface area contributed by atoms with Crippen molar-refractivity contribution in [1.82, 2.24) is 4.90 Å². The van der Waals surface area contributed by atoms with E-state index in [2.05, 4.69) is 4.90 Å². The van der Waals surface area contributed by atoms with Crippen LogP contribution in [0.2, 0.25) is 0 Å². The lowest BCUT2D eigenvalue weighted by molar-refractivity contribution is 0.178. The average molecular weight is 448 g/mol. The predicted octanol–water partition coefficient (Wildman–Crippen LogP) is 5.58. The fourth-order valence-electron chi connectivity index (χ4n) is 4.39.